The third kappa shape index (κ3) is 3.81. The summed E-state index contributed by atoms with van der Waals surface area (Å²) >= 11 is 6.64. The summed E-state index contributed by atoms with van der Waals surface area (Å²) in [4.78, 5) is 13.1. The number of nitrogen functional groups attached to an aromatic ring is 1. The fourth-order valence-corrected chi connectivity index (χ4v) is 3.72. The van der Waals surface area contributed by atoms with Gasteiger partial charge in [-0.3, -0.25) is 4.79 Å². The fraction of sp³-hybridized carbons (Fsp3) is 0.158. The van der Waals surface area contributed by atoms with Gasteiger partial charge in [0.1, 0.15) is 10.7 Å². The highest BCUT2D eigenvalue weighted by molar-refractivity contribution is 7.73. The number of amides is 1. The van der Waals surface area contributed by atoms with E-state index in [9.17, 15) is 4.79 Å². The number of aryl methyl sites for hydroxylation is 2. The summed E-state index contributed by atoms with van der Waals surface area (Å²) in [6.07, 6.45) is 0. The molecule has 0 aliphatic rings. The van der Waals surface area contributed by atoms with Crippen LogP contribution < -0.4 is 11.1 Å². The van der Waals surface area contributed by atoms with Crippen LogP contribution in [-0.4, -0.2) is 10.5 Å². The Morgan fingerprint density at radius 3 is 2.56 bits per heavy atom. The molecule has 1 amide bonds. The van der Waals surface area contributed by atoms with E-state index in [1.54, 1.807) is 4.57 Å². The third-order valence-corrected chi connectivity index (χ3v) is 5.55. The minimum atomic E-state index is -0.233. The van der Waals surface area contributed by atoms with Crippen LogP contribution in [0.15, 0.2) is 48.5 Å². The highest BCUT2D eigenvalue weighted by atomic mass is 32.1. The van der Waals surface area contributed by atoms with Crippen LogP contribution in [0.4, 0.5) is 11.5 Å². The molecule has 1 aromatic heterocycles. The summed E-state index contributed by atoms with van der Waals surface area (Å²) in [6, 6.07) is 15.7. The van der Waals surface area contributed by atoms with Crippen LogP contribution >= 0.6 is 23.6 Å². The van der Waals surface area contributed by atoms with Crippen LogP contribution in [0.25, 0.3) is 0 Å². The second-order valence-electron chi connectivity index (χ2n) is 5.91. The number of nitrogens with two attached hydrogens (primary N) is 1. The molecule has 0 unspecified atom stereocenters. The lowest BCUT2D eigenvalue weighted by atomic mass is 10.1. The predicted octanol–water partition coefficient (Wildman–Crippen LogP) is 4.78. The maximum Gasteiger partial charge on any atom is 0.269 e. The van der Waals surface area contributed by atoms with Crippen molar-refractivity contribution in [3.8, 4) is 0 Å². The smallest absolute Gasteiger partial charge is 0.269 e. The van der Waals surface area contributed by atoms with Crippen molar-refractivity contribution in [1.29, 1.82) is 0 Å². The molecular weight excluding hydrogens is 350 g/mol. The number of thiazole rings is 1. The molecular formula is C19H19N3OS2. The molecule has 2 aromatic carbocycles. The second kappa shape index (κ2) is 7.21. The average molecular weight is 370 g/mol. The lowest BCUT2D eigenvalue weighted by molar-refractivity contribution is 0.103. The van der Waals surface area contributed by atoms with E-state index >= 15 is 0 Å². The molecule has 0 radical (unpaired) electrons. The molecule has 0 fully saturated rings. The van der Waals surface area contributed by atoms with Gasteiger partial charge in [0, 0.05) is 5.69 Å². The number of hydrogen-bond donors (Lipinski definition) is 2. The molecule has 3 aromatic rings. The Morgan fingerprint density at radius 2 is 1.88 bits per heavy atom. The Kier molecular flexibility index (Phi) is 5.01. The number of nitrogens with zero attached hydrogens (tertiary/aromatic N) is 1. The van der Waals surface area contributed by atoms with Gasteiger partial charge in [-0.15, -0.1) is 0 Å². The van der Waals surface area contributed by atoms with Gasteiger partial charge in [0.05, 0.1) is 6.54 Å². The van der Waals surface area contributed by atoms with Gasteiger partial charge < -0.3 is 15.6 Å². The summed E-state index contributed by atoms with van der Waals surface area (Å²) in [6.45, 7) is 4.60. The summed E-state index contributed by atoms with van der Waals surface area (Å²) in [5.74, 6) is 0.170. The fourth-order valence-electron chi connectivity index (χ4n) is 2.50. The molecule has 128 valence electrons. The third-order valence-electron chi connectivity index (χ3n) is 4.09. The number of anilines is 2. The molecule has 25 heavy (non-hydrogen) atoms. The molecule has 0 aliphatic heterocycles. The zero-order valence-electron chi connectivity index (χ0n) is 14.1. The molecule has 3 N–H and O–H groups in total. The number of nitrogens with one attached hydrogen (secondary N) is 1. The lowest BCUT2D eigenvalue weighted by Crippen LogP contribution is -2.14. The first-order valence-electron chi connectivity index (χ1n) is 7.87. The Morgan fingerprint density at radius 1 is 1.16 bits per heavy atom. The first-order chi connectivity index (χ1) is 12.0. The molecule has 3 rings (SSSR count). The quantitative estimate of drug-likeness (QED) is 0.651. The highest BCUT2D eigenvalue weighted by Gasteiger charge is 2.17. The molecule has 0 aliphatic carbocycles. The number of rotatable bonds is 4. The van der Waals surface area contributed by atoms with Crippen molar-refractivity contribution in [2.75, 3.05) is 11.1 Å². The van der Waals surface area contributed by atoms with E-state index < -0.39 is 0 Å². The van der Waals surface area contributed by atoms with Gasteiger partial charge in [0.25, 0.3) is 5.91 Å². The zero-order chi connectivity index (χ0) is 18.0. The van der Waals surface area contributed by atoms with Crippen LogP contribution in [-0.2, 0) is 6.54 Å². The van der Waals surface area contributed by atoms with Crippen LogP contribution in [0, 0.1) is 17.8 Å². The van der Waals surface area contributed by atoms with Crippen molar-refractivity contribution in [3.05, 3.63) is 74.1 Å². The first kappa shape index (κ1) is 17.4. The second-order valence-corrected chi connectivity index (χ2v) is 7.55. The largest absolute Gasteiger partial charge is 0.384 e. The summed E-state index contributed by atoms with van der Waals surface area (Å²) in [5.41, 5.74) is 10.4. The van der Waals surface area contributed by atoms with E-state index in [0.717, 1.165) is 16.8 Å². The molecule has 0 atom stereocenters. The summed E-state index contributed by atoms with van der Waals surface area (Å²) in [5, 5.41) is 2.90. The number of benzene rings is 2. The van der Waals surface area contributed by atoms with Gasteiger partial charge in [-0.25, -0.2) is 0 Å². The molecule has 0 spiro atoms. The molecule has 6 heteroatoms. The van der Waals surface area contributed by atoms with Crippen LogP contribution in [0.1, 0.15) is 26.4 Å². The number of carbonyl (C=O) groups is 1. The SMILES string of the molecule is Cc1ccc(NC(=O)c2sc(=S)n(Cc3ccccc3)c2N)cc1C. The van der Waals surface area contributed by atoms with Crippen molar-refractivity contribution in [3.63, 3.8) is 0 Å². The Hall–Kier alpha value is -2.44. The first-order valence-corrected chi connectivity index (χ1v) is 9.10. The number of aromatic nitrogens is 1. The van der Waals surface area contributed by atoms with E-state index in [1.807, 2.05) is 62.4 Å². The van der Waals surface area contributed by atoms with Crippen molar-refractivity contribution in [2.45, 2.75) is 20.4 Å². The van der Waals surface area contributed by atoms with Crippen molar-refractivity contribution in [1.82, 2.24) is 4.57 Å². The van der Waals surface area contributed by atoms with Gasteiger partial charge in [-0.1, -0.05) is 47.7 Å². The predicted molar refractivity (Wildman–Crippen MR) is 107 cm³/mol. The van der Waals surface area contributed by atoms with Crippen LogP contribution in [0.2, 0.25) is 0 Å². The molecule has 0 saturated heterocycles. The van der Waals surface area contributed by atoms with Gasteiger partial charge in [-0.2, -0.15) is 0 Å². The van der Waals surface area contributed by atoms with E-state index in [4.69, 9.17) is 18.0 Å². The maximum atomic E-state index is 12.6. The van der Waals surface area contributed by atoms with E-state index in [0.29, 0.717) is 21.2 Å². The maximum absolute atomic E-state index is 12.6. The molecule has 1 heterocycles. The Bertz CT molecular complexity index is 974. The van der Waals surface area contributed by atoms with E-state index in [1.165, 1.54) is 16.9 Å². The molecule has 0 bridgehead atoms. The van der Waals surface area contributed by atoms with E-state index in [2.05, 4.69) is 5.32 Å². The average Bonchev–Trinajstić information content (AvgIpc) is 2.87. The van der Waals surface area contributed by atoms with Gasteiger partial charge in [0.15, 0.2) is 3.95 Å². The van der Waals surface area contributed by atoms with Crippen LogP contribution in [0.3, 0.4) is 0 Å². The Balaban J connectivity index is 1.85. The topological polar surface area (TPSA) is 60.0 Å². The standard InChI is InChI=1S/C19H19N3OS2/c1-12-8-9-15(10-13(12)2)21-18(23)16-17(20)22(19(24)25-16)11-14-6-4-3-5-7-14/h3-10H,11,20H2,1-2H3,(H,21,23). The van der Waals surface area contributed by atoms with E-state index in [-0.39, 0.29) is 5.91 Å². The Labute approximate surface area is 155 Å². The van der Waals surface area contributed by atoms with Crippen molar-refractivity contribution < 1.29 is 4.79 Å². The van der Waals surface area contributed by atoms with Gasteiger partial charge >= 0.3 is 0 Å². The van der Waals surface area contributed by atoms with Crippen molar-refractivity contribution >= 4 is 41.0 Å². The van der Waals surface area contributed by atoms with Gasteiger partial charge in [-0.05, 0) is 54.9 Å². The molecule has 4 nitrogen and oxygen atoms in total. The minimum Gasteiger partial charge on any atom is -0.384 e. The summed E-state index contributed by atoms with van der Waals surface area (Å²) in [7, 11) is 0. The summed E-state index contributed by atoms with van der Waals surface area (Å²) < 4.78 is 2.39. The monoisotopic (exact) mass is 369 g/mol. The highest BCUT2D eigenvalue weighted by Crippen LogP contribution is 2.25. The number of carbonyl (C=O) groups excluding carboxylic acids is 1. The van der Waals surface area contributed by atoms with Crippen molar-refractivity contribution in [2.24, 2.45) is 0 Å². The lowest BCUT2D eigenvalue weighted by Gasteiger charge is -2.08. The normalized spacial score (nSPS) is 10.6. The number of hydrogen-bond acceptors (Lipinski definition) is 4. The van der Waals surface area contributed by atoms with Gasteiger partial charge in [0.2, 0.25) is 0 Å². The minimum absolute atomic E-state index is 0.233. The molecule has 0 saturated carbocycles. The van der Waals surface area contributed by atoms with Crippen LogP contribution in [0.5, 0.6) is 0 Å². The zero-order valence-corrected chi connectivity index (χ0v) is 15.7.